The van der Waals surface area contributed by atoms with E-state index in [9.17, 15) is 4.39 Å². The van der Waals surface area contributed by atoms with Crippen LogP contribution >= 0.6 is 12.4 Å². The molecule has 1 fully saturated rings. The largest absolute Gasteiger partial charge is 0.338 e. The van der Waals surface area contributed by atoms with Crippen LogP contribution in [0.3, 0.4) is 0 Å². The second-order valence-corrected chi connectivity index (χ2v) is 5.07. The number of benzene rings is 1. The molecule has 3 rings (SSSR count). The molecule has 0 aliphatic heterocycles. The average Bonchev–Trinajstić information content (AvgIpc) is 3.21. The van der Waals surface area contributed by atoms with Gasteiger partial charge in [0, 0.05) is 12.6 Å². The van der Waals surface area contributed by atoms with Crippen molar-refractivity contribution >= 4 is 12.4 Å². The molecule has 1 aromatic carbocycles. The molecule has 1 aliphatic carbocycles. The van der Waals surface area contributed by atoms with Gasteiger partial charge < -0.3 is 10.3 Å². The lowest BCUT2D eigenvalue weighted by molar-refractivity contribution is 0.235. The summed E-state index contributed by atoms with van der Waals surface area (Å²) >= 11 is 0. The van der Waals surface area contributed by atoms with E-state index >= 15 is 0 Å². The van der Waals surface area contributed by atoms with Crippen LogP contribution in [0.5, 0.6) is 0 Å². The molecule has 0 bridgehead atoms. The molecule has 7 heteroatoms. The number of nitrogens with two attached hydrogens (primary N) is 1. The summed E-state index contributed by atoms with van der Waals surface area (Å²) in [7, 11) is 0. The van der Waals surface area contributed by atoms with E-state index in [4.69, 9.17) is 10.3 Å². The molecule has 1 heterocycles. The molecular weight excluding hydrogens is 295 g/mol. The highest BCUT2D eigenvalue weighted by Crippen LogP contribution is 2.29. The Morgan fingerprint density at radius 3 is 2.52 bits per heavy atom. The Kier molecular flexibility index (Phi) is 5.27. The fraction of sp³-hybridized carbons (Fsp3) is 0.429. The smallest absolute Gasteiger partial charge is 0.240 e. The first-order valence-electron chi connectivity index (χ1n) is 6.74. The van der Waals surface area contributed by atoms with Gasteiger partial charge in [-0.3, -0.25) is 4.90 Å². The van der Waals surface area contributed by atoms with Crippen molar-refractivity contribution in [1.29, 1.82) is 0 Å². The first-order chi connectivity index (χ1) is 9.74. The van der Waals surface area contributed by atoms with Crippen molar-refractivity contribution in [3.05, 3.63) is 47.4 Å². The molecule has 1 saturated carbocycles. The molecule has 0 unspecified atom stereocenters. The normalized spacial score (nSPS) is 14.2. The molecule has 1 aromatic heterocycles. The molecule has 1 aliphatic rings. The second-order valence-electron chi connectivity index (χ2n) is 5.07. The van der Waals surface area contributed by atoms with Crippen molar-refractivity contribution in [3.8, 4) is 0 Å². The van der Waals surface area contributed by atoms with Crippen LogP contribution in [0.1, 0.15) is 30.1 Å². The number of hydrogen-bond acceptors (Lipinski definition) is 5. The molecule has 0 saturated heterocycles. The summed E-state index contributed by atoms with van der Waals surface area (Å²) in [5.74, 6) is 0.898. The van der Waals surface area contributed by atoms with Crippen molar-refractivity contribution in [2.75, 3.05) is 0 Å². The van der Waals surface area contributed by atoms with Gasteiger partial charge in [-0.1, -0.05) is 17.3 Å². The van der Waals surface area contributed by atoms with Gasteiger partial charge in [0.05, 0.1) is 13.1 Å². The van der Waals surface area contributed by atoms with E-state index in [2.05, 4.69) is 15.0 Å². The second kappa shape index (κ2) is 6.98. The quantitative estimate of drug-likeness (QED) is 0.886. The van der Waals surface area contributed by atoms with Crippen molar-refractivity contribution in [1.82, 2.24) is 15.0 Å². The Morgan fingerprint density at radius 1 is 1.24 bits per heavy atom. The van der Waals surface area contributed by atoms with Crippen LogP contribution in [0.15, 0.2) is 28.8 Å². The summed E-state index contributed by atoms with van der Waals surface area (Å²) in [6.07, 6.45) is 2.37. The summed E-state index contributed by atoms with van der Waals surface area (Å²) in [6, 6.07) is 7.15. The zero-order valence-corrected chi connectivity index (χ0v) is 12.4. The van der Waals surface area contributed by atoms with Crippen LogP contribution in [0.4, 0.5) is 4.39 Å². The zero-order chi connectivity index (χ0) is 13.9. The minimum atomic E-state index is -0.211. The molecule has 0 radical (unpaired) electrons. The van der Waals surface area contributed by atoms with Gasteiger partial charge in [-0.2, -0.15) is 4.98 Å². The van der Waals surface area contributed by atoms with Crippen LogP contribution in [0.25, 0.3) is 0 Å². The summed E-state index contributed by atoms with van der Waals surface area (Å²) in [5, 5.41) is 3.92. The number of hydrogen-bond donors (Lipinski definition) is 1. The monoisotopic (exact) mass is 312 g/mol. The molecule has 0 amide bonds. The minimum absolute atomic E-state index is 0. The minimum Gasteiger partial charge on any atom is -0.338 e. The van der Waals surface area contributed by atoms with Gasteiger partial charge in [0.15, 0.2) is 5.82 Å². The van der Waals surface area contributed by atoms with Gasteiger partial charge in [0.1, 0.15) is 5.82 Å². The van der Waals surface area contributed by atoms with E-state index in [1.165, 1.54) is 25.0 Å². The molecule has 0 spiro atoms. The lowest BCUT2D eigenvalue weighted by Gasteiger charge is -2.20. The van der Waals surface area contributed by atoms with E-state index in [0.29, 0.717) is 24.3 Å². The number of rotatable bonds is 6. The van der Waals surface area contributed by atoms with Crippen molar-refractivity contribution < 1.29 is 8.91 Å². The van der Waals surface area contributed by atoms with Gasteiger partial charge in [0.2, 0.25) is 5.89 Å². The van der Waals surface area contributed by atoms with Crippen molar-refractivity contribution in [3.63, 3.8) is 0 Å². The van der Waals surface area contributed by atoms with E-state index in [1.807, 2.05) is 12.1 Å². The number of halogens is 2. The van der Waals surface area contributed by atoms with E-state index in [-0.39, 0.29) is 24.8 Å². The Hall–Kier alpha value is -1.50. The van der Waals surface area contributed by atoms with Gasteiger partial charge in [-0.25, -0.2) is 4.39 Å². The molecule has 2 N–H and O–H groups in total. The van der Waals surface area contributed by atoms with Crippen LogP contribution in [-0.4, -0.2) is 21.1 Å². The highest BCUT2D eigenvalue weighted by atomic mass is 35.5. The van der Waals surface area contributed by atoms with Crippen LogP contribution in [-0.2, 0) is 19.6 Å². The average molecular weight is 313 g/mol. The third-order valence-corrected chi connectivity index (χ3v) is 3.39. The maximum atomic E-state index is 12.9. The molecule has 114 valence electrons. The van der Waals surface area contributed by atoms with Gasteiger partial charge >= 0.3 is 0 Å². The van der Waals surface area contributed by atoms with Crippen molar-refractivity contribution in [2.24, 2.45) is 5.73 Å². The SMILES string of the molecule is Cl.NCc1nc(CN(Cc2ccc(F)cc2)C2CC2)no1. The van der Waals surface area contributed by atoms with E-state index in [0.717, 1.165) is 12.1 Å². The molecule has 0 atom stereocenters. The predicted octanol–water partition coefficient (Wildman–Crippen LogP) is 2.25. The van der Waals surface area contributed by atoms with Gasteiger partial charge in [-0.05, 0) is 30.5 Å². The zero-order valence-electron chi connectivity index (χ0n) is 11.5. The first-order valence-corrected chi connectivity index (χ1v) is 6.74. The highest BCUT2D eigenvalue weighted by molar-refractivity contribution is 5.85. The van der Waals surface area contributed by atoms with Crippen LogP contribution in [0, 0.1) is 5.82 Å². The lowest BCUT2D eigenvalue weighted by Crippen LogP contribution is -2.25. The molecular formula is C14H18ClFN4O. The van der Waals surface area contributed by atoms with E-state index in [1.54, 1.807) is 0 Å². The number of aromatic nitrogens is 2. The summed E-state index contributed by atoms with van der Waals surface area (Å²) in [4.78, 5) is 6.52. The highest BCUT2D eigenvalue weighted by Gasteiger charge is 2.30. The van der Waals surface area contributed by atoms with Crippen molar-refractivity contribution in [2.45, 2.75) is 38.5 Å². The molecule has 5 nitrogen and oxygen atoms in total. The number of nitrogens with zero attached hydrogens (tertiary/aromatic N) is 3. The summed E-state index contributed by atoms with van der Waals surface area (Å²) in [6.45, 7) is 1.65. The first kappa shape index (κ1) is 15.9. The molecule has 21 heavy (non-hydrogen) atoms. The Morgan fingerprint density at radius 2 is 1.95 bits per heavy atom. The fourth-order valence-electron chi connectivity index (χ4n) is 2.20. The Balaban J connectivity index is 0.00000161. The summed E-state index contributed by atoms with van der Waals surface area (Å²) in [5.41, 5.74) is 6.54. The fourth-order valence-corrected chi connectivity index (χ4v) is 2.20. The standard InChI is InChI=1S/C14H17FN4O.ClH/c15-11-3-1-10(2-4-11)8-19(12-5-6-12)9-13-17-14(7-16)20-18-13;/h1-4,12H,5-9,16H2;1H. The van der Waals surface area contributed by atoms with E-state index < -0.39 is 0 Å². The third kappa shape index (κ3) is 4.23. The topological polar surface area (TPSA) is 68.2 Å². The lowest BCUT2D eigenvalue weighted by atomic mass is 10.2. The predicted molar refractivity (Wildman–Crippen MR) is 78.1 cm³/mol. The maximum absolute atomic E-state index is 12.9. The van der Waals surface area contributed by atoms with Gasteiger partial charge in [0.25, 0.3) is 0 Å². The van der Waals surface area contributed by atoms with Gasteiger partial charge in [-0.15, -0.1) is 12.4 Å². The Labute approximate surface area is 128 Å². The third-order valence-electron chi connectivity index (χ3n) is 3.39. The maximum Gasteiger partial charge on any atom is 0.240 e. The summed E-state index contributed by atoms with van der Waals surface area (Å²) < 4.78 is 17.9. The van der Waals surface area contributed by atoms with Crippen LogP contribution < -0.4 is 5.73 Å². The molecule has 2 aromatic rings. The van der Waals surface area contributed by atoms with Crippen LogP contribution in [0.2, 0.25) is 0 Å². The Bertz CT molecular complexity index is 571.